The highest BCUT2D eigenvalue weighted by atomic mass is 35.5. The second kappa shape index (κ2) is 6.59. The molecule has 0 spiro atoms. The molecular weight excluding hydrogens is 276 g/mol. The van der Waals surface area contributed by atoms with Crippen molar-refractivity contribution in [2.45, 2.75) is 24.2 Å². The van der Waals surface area contributed by atoms with Gasteiger partial charge in [-0.2, -0.15) is 0 Å². The summed E-state index contributed by atoms with van der Waals surface area (Å²) in [5.74, 6) is 2.48. The van der Waals surface area contributed by atoms with E-state index in [1.165, 1.54) is 0 Å². The summed E-state index contributed by atoms with van der Waals surface area (Å²) in [4.78, 5) is 13.2. The Morgan fingerprint density at radius 2 is 2.17 bits per heavy atom. The van der Waals surface area contributed by atoms with Crippen molar-refractivity contribution in [2.75, 3.05) is 6.54 Å². The summed E-state index contributed by atoms with van der Waals surface area (Å²) < 4.78 is 26.0. The first-order valence-corrected chi connectivity index (χ1v) is 7.15. The fourth-order valence-corrected chi connectivity index (χ4v) is 2.54. The molecule has 98 valence electrons. The number of hydrogen-bond donors (Lipinski definition) is 2. The van der Waals surface area contributed by atoms with Crippen LogP contribution in [0.4, 0.5) is 0 Å². The quantitative estimate of drug-likeness (QED) is 0.608. The van der Waals surface area contributed by atoms with Crippen molar-refractivity contribution in [2.24, 2.45) is 0 Å². The predicted molar refractivity (Wildman–Crippen MR) is 69.9 cm³/mol. The van der Waals surface area contributed by atoms with Gasteiger partial charge in [0.25, 0.3) is 5.56 Å². The van der Waals surface area contributed by atoms with E-state index >= 15 is 0 Å². The summed E-state index contributed by atoms with van der Waals surface area (Å²) >= 11 is 5.56. The molecule has 2 N–H and O–H groups in total. The lowest BCUT2D eigenvalue weighted by atomic mass is 10.2. The average molecular weight is 289 g/mol. The van der Waals surface area contributed by atoms with Gasteiger partial charge in [0.2, 0.25) is 10.0 Å². The summed E-state index contributed by atoms with van der Waals surface area (Å²) in [6.07, 6.45) is 8.22. The fraction of sp³-hybridized carbons (Fsp3) is 0.364. The van der Waals surface area contributed by atoms with Crippen LogP contribution in [0.25, 0.3) is 0 Å². The fourth-order valence-electron chi connectivity index (χ4n) is 1.23. The second-order valence-electron chi connectivity index (χ2n) is 3.57. The van der Waals surface area contributed by atoms with Gasteiger partial charge >= 0.3 is 0 Å². The van der Waals surface area contributed by atoms with Gasteiger partial charge in [0.1, 0.15) is 5.02 Å². The number of sulfonamides is 1. The van der Waals surface area contributed by atoms with Gasteiger partial charge in [0, 0.05) is 19.2 Å². The summed E-state index contributed by atoms with van der Waals surface area (Å²) in [6.45, 7) is 0.292. The third-order valence-corrected chi connectivity index (χ3v) is 3.90. The van der Waals surface area contributed by atoms with E-state index < -0.39 is 15.6 Å². The molecule has 5 nitrogen and oxygen atoms in total. The normalized spacial score (nSPS) is 11.1. The van der Waals surface area contributed by atoms with Gasteiger partial charge in [-0.3, -0.25) is 4.79 Å². The maximum absolute atomic E-state index is 11.8. The van der Waals surface area contributed by atoms with Crippen LogP contribution in [0, 0.1) is 12.3 Å². The van der Waals surface area contributed by atoms with Crippen LogP contribution >= 0.6 is 11.6 Å². The molecule has 0 atom stereocenters. The van der Waals surface area contributed by atoms with Crippen LogP contribution in [0.5, 0.6) is 0 Å². The van der Waals surface area contributed by atoms with Gasteiger partial charge in [-0.1, -0.05) is 11.6 Å². The van der Waals surface area contributed by atoms with Crippen molar-refractivity contribution in [3.63, 3.8) is 0 Å². The maximum Gasteiger partial charge on any atom is 0.266 e. The Kier molecular flexibility index (Phi) is 5.41. The van der Waals surface area contributed by atoms with Gasteiger partial charge in [-0.15, -0.1) is 12.3 Å². The molecule has 1 rings (SSSR count). The molecule has 0 fully saturated rings. The summed E-state index contributed by atoms with van der Waals surface area (Å²) in [5, 5.41) is -0.162. The monoisotopic (exact) mass is 288 g/mol. The third-order valence-electron chi connectivity index (χ3n) is 2.18. The molecule has 1 aromatic rings. The first kappa shape index (κ1) is 14.8. The lowest BCUT2D eigenvalue weighted by Crippen LogP contribution is -2.25. The summed E-state index contributed by atoms with van der Waals surface area (Å²) in [7, 11) is -3.64. The van der Waals surface area contributed by atoms with Crippen LogP contribution < -0.4 is 10.3 Å². The van der Waals surface area contributed by atoms with Gasteiger partial charge in [0.05, 0.1) is 4.90 Å². The number of nitrogens with one attached hydrogen (secondary N) is 2. The van der Waals surface area contributed by atoms with Crippen molar-refractivity contribution < 1.29 is 8.42 Å². The minimum atomic E-state index is -3.64. The Morgan fingerprint density at radius 3 is 2.78 bits per heavy atom. The molecule has 0 radical (unpaired) electrons. The topological polar surface area (TPSA) is 79.0 Å². The van der Waals surface area contributed by atoms with Crippen LogP contribution in [0.15, 0.2) is 22.0 Å². The van der Waals surface area contributed by atoms with Gasteiger partial charge in [-0.25, -0.2) is 13.1 Å². The number of terminal acetylenes is 1. The van der Waals surface area contributed by atoms with Crippen LogP contribution in [0.3, 0.4) is 0 Å². The molecule has 0 aliphatic carbocycles. The lowest BCUT2D eigenvalue weighted by molar-refractivity contribution is 0.577. The molecule has 1 heterocycles. The highest BCUT2D eigenvalue weighted by molar-refractivity contribution is 7.89. The lowest BCUT2D eigenvalue weighted by Gasteiger charge is -2.06. The SMILES string of the molecule is C#CCCCCNS(=O)(=O)c1c[nH]c(=O)c(Cl)c1. The van der Waals surface area contributed by atoms with E-state index in [1.54, 1.807) is 0 Å². The van der Waals surface area contributed by atoms with E-state index in [4.69, 9.17) is 18.0 Å². The third kappa shape index (κ3) is 4.18. The van der Waals surface area contributed by atoms with Crippen LogP contribution in [0.1, 0.15) is 19.3 Å². The van der Waals surface area contributed by atoms with Crippen molar-refractivity contribution in [1.29, 1.82) is 0 Å². The Morgan fingerprint density at radius 1 is 1.44 bits per heavy atom. The molecule has 1 aromatic heterocycles. The van der Waals surface area contributed by atoms with E-state index in [0.717, 1.165) is 18.7 Å². The molecule has 7 heteroatoms. The molecule has 0 saturated carbocycles. The maximum atomic E-state index is 11.8. The van der Waals surface area contributed by atoms with Crippen LogP contribution in [0.2, 0.25) is 5.02 Å². The van der Waals surface area contributed by atoms with Crippen molar-refractivity contribution >= 4 is 21.6 Å². The molecule has 0 aliphatic rings. The molecule has 0 aliphatic heterocycles. The largest absolute Gasteiger partial charge is 0.326 e. The first-order chi connectivity index (χ1) is 8.47. The van der Waals surface area contributed by atoms with Crippen molar-refractivity contribution in [3.8, 4) is 12.3 Å². The second-order valence-corrected chi connectivity index (χ2v) is 5.75. The Balaban J connectivity index is 2.66. The number of aromatic amines is 1. The van der Waals surface area contributed by atoms with E-state index in [0.29, 0.717) is 19.4 Å². The average Bonchev–Trinajstić information content (AvgIpc) is 2.32. The molecule has 0 bridgehead atoms. The summed E-state index contributed by atoms with van der Waals surface area (Å²) in [6, 6.07) is 1.12. The van der Waals surface area contributed by atoms with E-state index in [-0.39, 0.29) is 9.92 Å². The predicted octanol–water partition coefficient (Wildman–Crippen LogP) is 1.11. The number of pyridine rings is 1. The minimum absolute atomic E-state index is 0.0657. The van der Waals surface area contributed by atoms with Crippen molar-refractivity contribution in [1.82, 2.24) is 9.71 Å². The van der Waals surface area contributed by atoms with Crippen LogP contribution in [-0.2, 0) is 10.0 Å². The zero-order valence-corrected chi connectivity index (χ0v) is 11.1. The van der Waals surface area contributed by atoms with Gasteiger partial charge in [0.15, 0.2) is 0 Å². The number of aromatic nitrogens is 1. The summed E-state index contributed by atoms with van der Waals surface area (Å²) in [5.41, 5.74) is -0.523. The number of hydrogen-bond acceptors (Lipinski definition) is 3. The first-order valence-electron chi connectivity index (χ1n) is 5.29. The van der Waals surface area contributed by atoms with Gasteiger partial charge in [-0.05, 0) is 18.9 Å². The Bertz CT molecular complexity index is 601. The Hall–Kier alpha value is -1.29. The van der Waals surface area contributed by atoms with E-state index in [1.807, 2.05) is 0 Å². The highest BCUT2D eigenvalue weighted by Gasteiger charge is 2.14. The molecule has 0 saturated heterocycles. The van der Waals surface area contributed by atoms with Crippen molar-refractivity contribution in [3.05, 3.63) is 27.6 Å². The minimum Gasteiger partial charge on any atom is -0.326 e. The number of unbranched alkanes of at least 4 members (excludes halogenated alkanes) is 2. The smallest absolute Gasteiger partial charge is 0.266 e. The van der Waals surface area contributed by atoms with Crippen LogP contribution in [-0.4, -0.2) is 19.9 Å². The molecule has 0 amide bonds. The molecule has 0 aromatic carbocycles. The highest BCUT2D eigenvalue weighted by Crippen LogP contribution is 2.10. The molecular formula is C11H13ClN2O3S. The number of rotatable bonds is 6. The zero-order valence-electron chi connectivity index (χ0n) is 9.57. The van der Waals surface area contributed by atoms with E-state index in [2.05, 4.69) is 15.6 Å². The zero-order chi connectivity index (χ0) is 13.6. The standard InChI is InChI=1S/C11H13ClN2O3S/c1-2-3-4-5-6-14-18(16,17)9-7-10(12)11(15)13-8-9/h1,7-8,14H,3-6H2,(H,13,15). The number of H-pyrrole nitrogens is 1. The van der Waals surface area contributed by atoms with E-state index in [9.17, 15) is 13.2 Å². The Labute approximate surface area is 111 Å². The number of halogens is 1. The molecule has 0 unspecified atom stereocenters. The molecule has 18 heavy (non-hydrogen) atoms. The van der Waals surface area contributed by atoms with Gasteiger partial charge < -0.3 is 4.98 Å².